The molecule has 0 bridgehead atoms. The fourth-order valence-electron chi connectivity index (χ4n) is 0.609. The van der Waals surface area contributed by atoms with E-state index < -0.39 is 0 Å². The molecule has 0 spiro atoms. The Morgan fingerprint density at radius 3 is 2.83 bits per heavy atom. The molecule has 0 rings (SSSR count). The highest BCUT2D eigenvalue weighted by atomic mass is 16.1. The van der Waals surface area contributed by atoms with Gasteiger partial charge in [0.05, 0.1) is 0 Å². The summed E-state index contributed by atoms with van der Waals surface area (Å²) in [4.78, 5) is 13.9. The molecule has 0 N–H and O–H groups in total. The van der Waals surface area contributed by atoms with Gasteiger partial charge in [0, 0.05) is 18.8 Å². The lowest BCUT2D eigenvalue weighted by atomic mass is 10.2. The minimum absolute atomic E-state index is 0.773. The van der Waals surface area contributed by atoms with Crippen LogP contribution in [0.2, 0.25) is 0 Å². The fraction of sp³-hybridized carbons (Fsp3) is 0.300. The number of hydrogen-bond donors (Lipinski definition) is 0. The molecule has 0 heterocycles. The summed E-state index contributed by atoms with van der Waals surface area (Å²) in [7, 11) is 0. The van der Waals surface area contributed by atoms with Crippen molar-refractivity contribution < 1.29 is 4.79 Å². The van der Waals surface area contributed by atoms with Crippen molar-refractivity contribution in [1.29, 1.82) is 0 Å². The van der Waals surface area contributed by atoms with E-state index >= 15 is 0 Å². The first-order valence-electron chi connectivity index (χ1n) is 3.88. The lowest BCUT2D eigenvalue weighted by Gasteiger charge is -1.88. The molecule has 0 atom stereocenters. The van der Waals surface area contributed by atoms with Crippen LogP contribution in [0.3, 0.4) is 0 Å². The van der Waals surface area contributed by atoms with Gasteiger partial charge in [-0.25, -0.2) is 4.79 Å². The van der Waals surface area contributed by atoms with E-state index in [0.717, 1.165) is 12.1 Å². The Hall–Kier alpha value is -1.40. The molecule has 64 valence electrons. The van der Waals surface area contributed by atoms with Crippen molar-refractivity contribution in [1.82, 2.24) is 0 Å². The van der Waals surface area contributed by atoms with Gasteiger partial charge in [-0.1, -0.05) is 18.2 Å². The van der Waals surface area contributed by atoms with Crippen molar-refractivity contribution in [2.75, 3.05) is 6.54 Å². The van der Waals surface area contributed by atoms with Gasteiger partial charge >= 0.3 is 0 Å². The molecule has 0 aliphatic heterocycles. The molecule has 0 aromatic carbocycles. The second-order valence-electron chi connectivity index (χ2n) is 2.06. The van der Waals surface area contributed by atoms with Crippen molar-refractivity contribution in [3.63, 3.8) is 0 Å². The van der Waals surface area contributed by atoms with Crippen LogP contribution in [-0.4, -0.2) is 18.7 Å². The Labute approximate surface area is 73.0 Å². The second-order valence-corrected chi connectivity index (χ2v) is 2.06. The van der Waals surface area contributed by atoms with E-state index in [9.17, 15) is 4.79 Å². The summed E-state index contributed by atoms with van der Waals surface area (Å²) < 4.78 is 0. The predicted octanol–water partition coefficient (Wildman–Crippen LogP) is 1.97. The van der Waals surface area contributed by atoms with Crippen molar-refractivity contribution >= 4 is 12.2 Å². The average Bonchev–Trinajstić information content (AvgIpc) is 2.11. The molecule has 0 radical (unpaired) electrons. The van der Waals surface area contributed by atoms with Crippen LogP contribution in [0.4, 0.5) is 0 Å². The van der Waals surface area contributed by atoms with E-state index in [1.165, 1.54) is 6.08 Å². The summed E-state index contributed by atoms with van der Waals surface area (Å²) in [5.41, 5.74) is 0.989. The Kier molecular flexibility index (Phi) is 6.81. The van der Waals surface area contributed by atoms with Crippen molar-refractivity contribution in [2.45, 2.75) is 13.8 Å². The summed E-state index contributed by atoms with van der Waals surface area (Å²) in [6.45, 7) is 4.67. The molecule has 2 heteroatoms. The van der Waals surface area contributed by atoms with Gasteiger partial charge in [-0.2, -0.15) is 0 Å². The normalized spacial score (nSPS) is 12.3. The van der Waals surface area contributed by atoms with Gasteiger partial charge in [-0.05, 0) is 19.4 Å². The van der Waals surface area contributed by atoms with Crippen LogP contribution in [0.15, 0.2) is 34.9 Å². The molecule has 0 fully saturated rings. The summed E-state index contributed by atoms with van der Waals surface area (Å²) in [6.07, 6.45) is 8.47. The smallest absolute Gasteiger partial charge is 0.124 e. The van der Waals surface area contributed by atoms with E-state index in [1.54, 1.807) is 18.2 Å². The number of rotatable bonds is 4. The molecule has 2 nitrogen and oxygen atoms in total. The van der Waals surface area contributed by atoms with Gasteiger partial charge in [0.25, 0.3) is 0 Å². The van der Waals surface area contributed by atoms with Crippen LogP contribution in [0.1, 0.15) is 13.8 Å². The Morgan fingerprint density at radius 2 is 2.33 bits per heavy atom. The van der Waals surface area contributed by atoms with Gasteiger partial charge in [0.1, 0.15) is 5.94 Å². The largest absolute Gasteiger partial charge is 0.293 e. The maximum atomic E-state index is 9.80. The molecule has 12 heavy (non-hydrogen) atoms. The standard InChI is InChI=1S/C10H13NO/c1-3-10(9-11-4-2)7-5-6-8-12/h3,5-7,9H,4H2,1-2H3/b7-5-,10-3-,11-9-. The SMILES string of the molecule is C/C=C(/C=C\C=C=O)\C=N/CC. The number of hydrogen-bond acceptors (Lipinski definition) is 2. The van der Waals surface area contributed by atoms with Crippen LogP contribution in [0.5, 0.6) is 0 Å². The fourth-order valence-corrected chi connectivity index (χ4v) is 0.609. The van der Waals surface area contributed by atoms with E-state index in [2.05, 4.69) is 4.99 Å². The molecule has 0 aliphatic carbocycles. The lowest BCUT2D eigenvalue weighted by Crippen LogP contribution is -1.79. The van der Waals surface area contributed by atoms with E-state index in [1.807, 2.05) is 26.0 Å². The molecular weight excluding hydrogens is 150 g/mol. The average molecular weight is 163 g/mol. The number of allylic oxidation sites excluding steroid dienone is 5. The molecule has 0 saturated heterocycles. The van der Waals surface area contributed by atoms with Crippen molar-refractivity contribution in [3.05, 3.63) is 29.9 Å². The van der Waals surface area contributed by atoms with Gasteiger partial charge < -0.3 is 0 Å². The van der Waals surface area contributed by atoms with Gasteiger partial charge in [0.2, 0.25) is 0 Å². The summed E-state index contributed by atoms with van der Waals surface area (Å²) in [5, 5.41) is 0. The monoisotopic (exact) mass is 163 g/mol. The second kappa shape index (κ2) is 7.70. The number of carbonyl (C=O) groups excluding carboxylic acids is 1. The zero-order valence-corrected chi connectivity index (χ0v) is 7.45. The van der Waals surface area contributed by atoms with E-state index in [0.29, 0.717) is 0 Å². The molecule has 0 unspecified atom stereocenters. The zero-order valence-electron chi connectivity index (χ0n) is 7.45. The van der Waals surface area contributed by atoms with Crippen LogP contribution < -0.4 is 0 Å². The van der Waals surface area contributed by atoms with Gasteiger partial charge in [0.15, 0.2) is 0 Å². The van der Waals surface area contributed by atoms with Crippen molar-refractivity contribution in [2.24, 2.45) is 4.99 Å². The van der Waals surface area contributed by atoms with Crippen molar-refractivity contribution in [3.8, 4) is 0 Å². The molecule has 0 saturated carbocycles. The Morgan fingerprint density at radius 1 is 1.58 bits per heavy atom. The first-order chi connectivity index (χ1) is 5.85. The summed E-state index contributed by atoms with van der Waals surface area (Å²) in [5.74, 6) is 1.67. The van der Waals surface area contributed by atoms with Gasteiger partial charge in [-0.3, -0.25) is 4.99 Å². The first-order valence-corrected chi connectivity index (χ1v) is 3.88. The van der Waals surface area contributed by atoms with Crippen LogP contribution >= 0.6 is 0 Å². The minimum Gasteiger partial charge on any atom is -0.293 e. The minimum atomic E-state index is 0.773. The Balaban J connectivity index is 4.19. The topological polar surface area (TPSA) is 29.4 Å². The first kappa shape index (κ1) is 10.6. The van der Waals surface area contributed by atoms with Gasteiger partial charge in [-0.15, -0.1) is 0 Å². The van der Waals surface area contributed by atoms with E-state index in [-0.39, 0.29) is 0 Å². The Bertz CT molecular complexity index is 243. The predicted molar refractivity (Wildman–Crippen MR) is 52.2 cm³/mol. The molecular formula is C10H13NO. The molecule has 0 aliphatic rings. The number of nitrogens with zero attached hydrogens (tertiary/aromatic N) is 1. The zero-order chi connectivity index (χ0) is 9.23. The maximum Gasteiger partial charge on any atom is 0.124 e. The van der Waals surface area contributed by atoms with E-state index in [4.69, 9.17) is 0 Å². The molecule has 0 aromatic rings. The summed E-state index contributed by atoms with van der Waals surface area (Å²) in [6, 6.07) is 0. The third kappa shape index (κ3) is 5.39. The quantitative estimate of drug-likeness (QED) is 0.354. The third-order valence-corrected chi connectivity index (χ3v) is 1.21. The number of aliphatic imine (C=N–C) groups is 1. The highest BCUT2D eigenvalue weighted by Gasteiger charge is 1.80. The van der Waals surface area contributed by atoms with Crippen LogP contribution in [-0.2, 0) is 4.79 Å². The highest BCUT2D eigenvalue weighted by Crippen LogP contribution is 1.92. The molecule has 0 amide bonds. The summed E-state index contributed by atoms with van der Waals surface area (Å²) >= 11 is 0. The third-order valence-electron chi connectivity index (χ3n) is 1.21. The molecule has 0 aromatic heterocycles. The maximum absolute atomic E-state index is 9.80. The highest BCUT2D eigenvalue weighted by molar-refractivity contribution is 5.82. The van der Waals surface area contributed by atoms with Crippen LogP contribution in [0.25, 0.3) is 0 Å². The van der Waals surface area contributed by atoms with Crippen LogP contribution in [0, 0.1) is 0 Å². The lowest BCUT2D eigenvalue weighted by molar-refractivity contribution is 0.569.